The van der Waals surface area contributed by atoms with Crippen LogP contribution in [0.2, 0.25) is 0 Å². The zero-order chi connectivity index (χ0) is 16.3. The summed E-state index contributed by atoms with van der Waals surface area (Å²) in [6, 6.07) is 16.0. The maximum atomic E-state index is 12.2. The zero-order valence-electron chi connectivity index (χ0n) is 12.3. The summed E-state index contributed by atoms with van der Waals surface area (Å²) in [5.74, 6) is -0.663. The molecular formula is C16H15N3O3S. The predicted molar refractivity (Wildman–Crippen MR) is 86.7 cm³/mol. The molecule has 3 aromatic rings. The topological polar surface area (TPSA) is 81.9 Å². The number of hydrogen-bond donors (Lipinski definition) is 0. The van der Waals surface area contributed by atoms with Gasteiger partial charge >= 0.3 is 0 Å². The Hall–Kier alpha value is -2.54. The molecule has 0 atom stereocenters. The molecule has 0 spiro atoms. The fraction of sp³-hybridized carbons (Fsp3) is 0.188. The van der Waals surface area contributed by atoms with Gasteiger partial charge in [0.1, 0.15) is 5.52 Å². The molecule has 0 N–H and O–H groups in total. The van der Waals surface area contributed by atoms with Gasteiger partial charge in [-0.15, -0.1) is 5.10 Å². The van der Waals surface area contributed by atoms with Crippen LogP contribution < -0.4 is 0 Å². The van der Waals surface area contributed by atoms with Gasteiger partial charge in [0.15, 0.2) is 9.84 Å². The molecule has 1 aromatic heterocycles. The number of rotatable bonds is 5. The van der Waals surface area contributed by atoms with Gasteiger partial charge in [-0.3, -0.25) is 4.79 Å². The van der Waals surface area contributed by atoms with Crippen molar-refractivity contribution in [2.24, 2.45) is 0 Å². The second-order valence-corrected chi connectivity index (χ2v) is 7.40. The van der Waals surface area contributed by atoms with Gasteiger partial charge in [0.05, 0.1) is 17.0 Å². The monoisotopic (exact) mass is 329 g/mol. The zero-order valence-corrected chi connectivity index (χ0v) is 13.1. The van der Waals surface area contributed by atoms with Crippen LogP contribution in [-0.4, -0.2) is 35.1 Å². The van der Waals surface area contributed by atoms with E-state index in [9.17, 15) is 13.2 Å². The first kappa shape index (κ1) is 15.4. The molecule has 0 aliphatic rings. The number of hydrogen-bond acceptors (Lipinski definition) is 5. The van der Waals surface area contributed by atoms with Gasteiger partial charge in [-0.2, -0.15) is 4.68 Å². The van der Waals surface area contributed by atoms with E-state index in [0.717, 1.165) is 4.68 Å². The van der Waals surface area contributed by atoms with Crippen molar-refractivity contribution in [3.05, 3.63) is 60.2 Å². The predicted octanol–water partition coefficient (Wildman–Crippen LogP) is 2.08. The molecule has 0 aliphatic carbocycles. The lowest BCUT2D eigenvalue weighted by molar-refractivity contribution is 0.0897. The summed E-state index contributed by atoms with van der Waals surface area (Å²) in [6.07, 6.45) is -0.122. The summed E-state index contributed by atoms with van der Waals surface area (Å²) < 4.78 is 25.4. The summed E-state index contributed by atoms with van der Waals surface area (Å²) in [6.45, 7) is 0. The van der Waals surface area contributed by atoms with Crippen LogP contribution in [0, 0.1) is 0 Å². The van der Waals surface area contributed by atoms with E-state index in [1.165, 1.54) is 0 Å². The molecule has 3 rings (SSSR count). The Labute approximate surface area is 133 Å². The number of nitrogens with zero attached hydrogens (tertiary/aromatic N) is 3. The Bertz CT molecular complexity index is 933. The molecule has 0 saturated carbocycles. The smallest absolute Gasteiger partial charge is 0.249 e. The molecule has 1 heterocycles. The van der Waals surface area contributed by atoms with E-state index in [1.54, 1.807) is 48.5 Å². The normalized spacial score (nSPS) is 11.7. The average molecular weight is 329 g/mol. The lowest BCUT2D eigenvalue weighted by Gasteiger charge is -2.04. The molecule has 0 bridgehead atoms. The van der Waals surface area contributed by atoms with Crippen LogP contribution in [0.15, 0.2) is 54.6 Å². The minimum absolute atomic E-state index is 0.0702. The van der Waals surface area contributed by atoms with Gasteiger partial charge in [-0.1, -0.05) is 47.7 Å². The quantitative estimate of drug-likeness (QED) is 0.716. The third kappa shape index (κ3) is 3.62. The van der Waals surface area contributed by atoms with Gasteiger partial charge in [-0.25, -0.2) is 8.42 Å². The fourth-order valence-electron chi connectivity index (χ4n) is 2.30. The molecule has 0 aliphatic heterocycles. The van der Waals surface area contributed by atoms with Crippen molar-refractivity contribution in [2.45, 2.75) is 12.2 Å². The fourth-order valence-corrected chi connectivity index (χ4v) is 3.63. The molecule has 2 aromatic carbocycles. The first-order valence-corrected chi connectivity index (χ1v) is 8.95. The Morgan fingerprint density at radius 3 is 2.48 bits per heavy atom. The largest absolute Gasteiger partial charge is 0.272 e. The van der Waals surface area contributed by atoms with Crippen LogP contribution in [0.25, 0.3) is 11.0 Å². The highest BCUT2D eigenvalue weighted by atomic mass is 32.2. The maximum absolute atomic E-state index is 12.2. The van der Waals surface area contributed by atoms with Gasteiger partial charge in [-0.05, 0) is 17.7 Å². The number of fused-ring (bicyclic) bond motifs is 1. The van der Waals surface area contributed by atoms with Crippen molar-refractivity contribution in [2.75, 3.05) is 5.75 Å². The Balaban J connectivity index is 1.69. The molecule has 0 saturated heterocycles. The van der Waals surface area contributed by atoms with Gasteiger partial charge in [0.2, 0.25) is 5.91 Å². The van der Waals surface area contributed by atoms with E-state index < -0.39 is 9.84 Å². The number of aromatic nitrogens is 3. The van der Waals surface area contributed by atoms with Crippen LogP contribution in [0.1, 0.15) is 16.8 Å². The Morgan fingerprint density at radius 1 is 1.00 bits per heavy atom. The van der Waals surface area contributed by atoms with Crippen LogP contribution >= 0.6 is 0 Å². The van der Waals surface area contributed by atoms with Crippen LogP contribution in [0.4, 0.5) is 0 Å². The first-order chi connectivity index (χ1) is 11.1. The number of sulfone groups is 1. The highest BCUT2D eigenvalue weighted by Gasteiger charge is 2.17. The van der Waals surface area contributed by atoms with Crippen molar-refractivity contribution in [1.82, 2.24) is 15.0 Å². The molecular weight excluding hydrogens is 314 g/mol. The van der Waals surface area contributed by atoms with Crippen molar-refractivity contribution >= 4 is 26.8 Å². The molecule has 0 radical (unpaired) electrons. The molecule has 6 nitrogen and oxygen atoms in total. The second-order valence-electron chi connectivity index (χ2n) is 5.21. The third-order valence-corrected chi connectivity index (χ3v) is 5.04. The average Bonchev–Trinajstić information content (AvgIpc) is 2.97. The van der Waals surface area contributed by atoms with Crippen molar-refractivity contribution in [1.29, 1.82) is 0 Å². The van der Waals surface area contributed by atoms with Crippen molar-refractivity contribution < 1.29 is 13.2 Å². The molecule has 118 valence electrons. The van der Waals surface area contributed by atoms with E-state index in [1.807, 2.05) is 6.07 Å². The van der Waals surface area contributed by atoms with E-state index in [2.05, 4.69) is 10.3 Å². The Morgan fingerprint density at radius 2 is 1.70 bits per heavy atom. The van der Waals surface area contributed by atoms with Crippen LogP contribution in [0.3, 0.4) is 0 Å². The highest BCUT2D eigenvalue weighted by molar-refractivity contribution is 7.90. The van der Waals surface area contributed by atoms with Gasteiger partial charge < -0.3 is 0 Å². The van der Waals surface area contributed by atoms with E-state index in [-0.39, 0.29) is 23.8 Å². The lowest BCUT2D eigenvalue weighted by Crippen LogP contribution is -2.18. The molecule has 0 unspecified atom stereocenters. The van der Waals surface area contributed by atoms with E-state index in [4.69, 9.17) is 0 Å². The van der Waals surface area contributed by atoms with Gasteiger partial charge in [0.25, 0.3) is 0 Å². The summed E-state index contributed by atoms with van der Waals surface area (Å²) in [5, 5.41) is 7.70. The summed E-state index contributed by atoms with van der Waals surface area (Å²) in [4.78, 5) is 12.2. The molecule has 23 heavy (non-hydrogen) atoms. The third-order valence-electron chi connectivity index (χ3n) is 3.44. The number of carbonyl (C=O) groups excluding carboxylic acids is 1. The standard InChI is InChI=1S/C16H15N3O3S/c20-16(19-15-9-5-4-8-14(15)17-18-19)10-11-23(21,22)12-13-6-2-1-3-7-13/h1-9H,10-12H2. The van der Waals surface area contributed by atoms with Crippen molar-refractivity contribution in [3.63, 3.8) is 0 Å². The van der Waals surface area contributed by atoms with E-state index >= 15 is 0 Å². The van der Waals surface area contributed by atoms with Crippen molar-refractivity contribution in [3.8, 4) is 0 Å². The second kappa shape index (κ2) is 6.29. The summed E-state index contributed by atoms with van der Waals surface area (Å²) >= 11 is 0. The molecule has 0 fully saturated rings. The SMILES string of the molecule is O=C(CCS(=O)(=O)Cc1ccccc1)n1nnc2ccccc21. The Kier molecular flexibility index (Phi) is 4.20. The number of para-hydroxylation sites is 1. The van der Waals surface area contributed by atoms with Crippen LogP contribution in [-0.2, 0) is 15.6 Å². The minimum atomic E-state index is -3.36. The van der Waals surface area contributed by atoms with Gasteiger partial charge in [0, 0.05) is 6.42 Å². The summed E-state index contributed by atoms with van der Waals surface area (Å²) in [7, 11) is -3.36. The van der Waals surface area contributed by atoms with Crippen LogP contribution in [0.5, 0.6) is 0 Å². The summed E-state index contributed by atoms with van der Waals surface area (Å²) in [5.41, 5.74) is 1.90. The maximum Gasteiger partial charge on any atom is 0.249 e. The number of benzene rings is 2. The number of carbonyl (C=O) groups is 1. The molecule has 0 amide bonds. The first-order valence-electron chi connectivity index (χ1n) is 7.13. The highest BCUT2D eigenvalue weighted by Crippen LogP contribution is 2.12. The minimum Gasteiger partial charge on any atom is -0.272 e. The van der Waals surface area contributed by atoms with E-state index in [0.29, 0.717) is 16.6 Å². The molecule has 7 heteroatoms. The lowest BCUT2D eigenvalue weighted by atomic mass is 10.2.